The van der Waals surface area contributed by atoms with Crippen molar-refractivity contribution in [3.05, 3.63) is 5.69 Å². The van der Waals surface area contributed by atoms with Crippen molar-refractivity contribution >= 4 is 11.5 Å². The van der Waals surface area contributed by atoms with E-state index in [0.717, 1.165) is 36.6 Å². The summed E-state index contributed by atoms with van der Waals surface area (Å²) < 4.78 is 1.97. The number of aromatic nitrogens is 2. The molecule has 3 N–H and O–H groups in total. The number of hydrogen-bond donors (Lipinski definition) is 2. The maximum atomic E-state index is 9.41. The number of anilines is 2. The molecule has 1 atom stereocenters. The molecule has 96 valence electrons. The van der Waals surface area contributed by atoms with Gasteiger partial charge in [0.1, 0.15) is 0 Å². The Hall–Kier alpha value is -1.23. The highest BCUT2D eigenvalue weighted by Crippen LogP contribution is 2.34. The second-order valence-electron chi connectivity index (χ2n) is 5.03. The second-order valence-corrected chi connectivity index (χ2v) is 5.03. The molecule has 1 aromatic rings. The topological polar surface area (TPSA) is 67.3 Å². The minimum absolute atomic E-state index is 0.182. The van der Waals surface area contributed by atoms with Crippen molar-refractivity contribution in [2.24, 2.45) is 0 Å². The molecule has 1 aromatic heterocycles. The highest BCUT2D eigenvalue weighted by molar-refractivity contribution is 5.67. The van der Waals surface area contributed by atoms with E-state index >= 15 is 0 Å². The van der Waals surface area contributed by atoms with E-state index in [1.165, 1.54) is 0 Å². The van der Waals surface area contributed by atoms with Crippen molar-refractivity contribution in [2.75, 3.05) is 23.8 Å². The van der Waals surface area contributed by atoms with Crippen LogP contribution in [0.3, 0.4) is 0 Å². The van der Waals surface area contributed by atoms with Gasteiger partial charge < -0.3 is 15.7 Å². The van der Waals surface area contributed by atoms with Gasteiger partial charge in [-0.15, -0.1) is 0 Å². The number of aliphatic hydroxyl groups excluding tert-OH is 1. The van der Waals surface area contributed by atoms with E-state index in [0.29, 0.717) is 0 Å². The molecule has 1 aliphatic rings. The fourth-order valence-corrected chi connectivity index (χ4v) is 2.50. The Labute approximate surface area is 102 Å². The van der Waals surface area contributed by atoms with Crippen molar-refractivity contribution in [3.8, 4) is 0 Å². The first kappa shape index (κ1) is 12.2. The summed E-state index contributed by atoms with van der Waals surface area (Å²) in [4.78, 5) is 2.20. The Morgan fingerprint density at radius 2 is 2.24 bits per heavy atom. The standard InChI is InChI=1S/C12H22N4O/c1-8(2)16-12(11(13)9(3)14-16)15-6-4-5-10(15)7-17/h8,10,17H,4-7,13H2,1-3H3. The summed E-state index contributed by atoms with van der Waals surface area (Å²) in [6.07, 6.45) is 2.13. The van der Waals surface area contributed by atoms with E-state index in [1.54, 1.807) is 0 Å². The number of hydrogen-bond acceptors (Lipinski definition) is 4. The highest BCUT2D eigenvalue weighted by Gasteiger charge is 2.29. The van der Waals surface area contributed by atoms with Crippen LogP contribution in [0.1, 0.15) is 38.4 Å². The molecule has 0 aliphatic carbocycles. The summed E-state index contributed by atoms with van der Waals surface area (Å²) in [6.45, 7) is 7.26. The molecule has 0 radical (unpaired) electrons. The molecule has 0 saturated carbocycles. The molecule has 1 aliphatic heterocycles. The van der Waals surface area contributed by atoms with E-state index < -0.39 is 0 Å². The van der Waals surface area contributed by atoms with Crippen molar-refractivity contribution in [1.29, 1.82) is 0 Å². The van der Waals surface area contributed by atoms with Gasteiger partial charge >= 0.3 is 0 Å². The van der Waals surface area contributed by atoms with Crippen LogP contribution in [0, 0.1) is 6.92 Å². The van der Waals surface area contributed by atoms with E-state index in [2.05, 4.69) is 23.8 Å². The molecule has 0 spiro atoms. The summed E-state index contributed by atoms with van der Waals surface area (Å²) in [5, 5.41) is 13.9. The van der Waals surface area contributed by atoms with E-state index in [1.807, 2.05) is 11.6 Å². The van der Waals surface area contributed by atoms with E-state index in [4.69, 9.17) is 5.73 Å². The maximum Gasteiger partial charge on any atom is 0.151 e. The Morgan fingerprint density at radius 3 is 2.82 bits per heavy atom. The Morgan fingerprint density at radius 1 is 1.53 bits per heavy atom. The summed E-state index contributed by atoms with van der Waals surface area (Å²) in [5.74, 6) is 0.981. The molecule has 0 amide bonds. The Kier molecular flexibility index (Phi) is 3.28. The van der Waals surface area contributed by atoms with E-state index in [-0.39, 0.29) is 18.7 Å². The van der Waals surface area contributed by atoms with Crippen molar-refractivity contribution in [3.63, 3.8) is 0 Å². The van der Waals surface area contributed by atoms with Gasteiger partial charge in [-0.2, -0.15) is 5.10 Å². The van der Waals surface area contributed by atoms with Gasteiger partial charge in [0.15, 0.2) is 5.82 Å². The third-order valence-electron chi connectivity index (χ3n) is 3.45. The molecule has 1 saturated heterocycles. The molecule has 2 rings (SSSR count). The van der Waals surface area contributed by atoms with E-state index in [9.17, 15) is 5.11 Å². The number of nitrogen functional groups attached to an aromatic ring is 1. The SMILES string of the molecule is Cc1nn(C(C)C)c(N2CCCC2CO)c1N. The molecule has 0 aromatic carbocycles. The number of rotatable bonds is 3. The summed E-state index contributed by atoms with van der Waals surface area (Å²) in [7, 11) is 0. The first-order valence-electron chi connectivity index (χ1n) is 6.28. The monoisotopic (exact) mass is 238 g/mol. The molecule has 1 fully saturated rings. The predicted molar refractivity (Wildman–Crippen MR) is 69.2 cm³/mol. The van der Waals surface area contributed by atoms with Crippen LogP contribution in [-0.2, 0) is 0 Å². The van der Waals surface area contributed by atoms with Crippen molar-refractivity contribution in [2.45, 2.75) is 45.7 Å². The van der Waals surface area contributed by atoms with Crippen LogP contribution >= 0.6 is 0 Å². The fraction of sp³-hybridized carbons (Fsp3) is 0.750. The number of nitrogens with two attached hydrogens (primary N) is 1. The van der Waals surface area contributed by atoms with Crippen LogP contribution in [0.4, 0.5) is 11.5 Å². The van der Waals surface area contributed by atoms with Gasteiger partial charge in [-0.3, -0.25) is 0 Å². The average molecular weight is 238 g/mol. The minimum atomic E-state index is 0.182. The van der Waals surface area contributed by atoms with Gasteiger partial charge in [0.05, 0.1) is 24.0 Å². The summed E-state index contributed by atoms with van der Waals surface area (Å²) >= 11 is 0. The van der Waals surface area contributed by atoms with Crippen LogP contribution < -0.4 is 10.6 Å². The second kappa shape index (κ2) is 4.56. The van der Waals surface area contributed by atoms with Crippen LogP contribution in [0.2, 0.25) is 0 Å². The predicted octanol–water partition coefficient (Wildman–Crippen LogP) is 1.32. The Balaban J connectivity index is 2.42. The fourth-order valence-electron chi connectivity index (χ4n) is 2.50. The number of aryl methyl sites for hydroxylation is 1. The normalized spacial score (nSPS) is 20.5. The zero-order valence-corrected chi connectivity index (χ0v) is 10.8. The average Bonchev–Trinajstić information content (AvgIpc) is 2.84. The molecule has 17 heavy (non-hydrogen) atoms. The molecule has 2 heterocycles. The largest absolute Gasteiger partial charge is 0.394 e. The van der Waals surface area contributed by atoms with Gasteiger partial charge in [-0.1, -0.05) is 0 Å². The minimum Gasteiger partial charge on any atom is -0.394 e. The lowest BCUT2D eigenvalue weighted by molar-refractivity contribution is 0.265. The zero-order valence-electron chi connectivity index (χ0n) is 10.8. The molecule has 5 heteroatoms. The Bertz CT molecular complexity index is 399. The molecule has 1 unspecified atom stereocenters. The first-order valence-corrected chi connectivity index (χ1v) is 6.28. The smallest absolute Gasteiger partial charge is 0.151 e. The molecular formula is C12H22N4O. The maximum absolute atomic E-state index is 9.41. The lowest BCUT2D eigenvalue weighted by atomic mass is 10.2. The van der Waals surface area contributed by atoms with Crippen molar-refractivity contribution < 1.29 is 5.11 Å². The van der Waals surface area contributed by atoms with Crippen LogP contribution in [-0.4, -0.2) is 34.1 Å². The molecule has 0 bridgehead atoms. The lowest BCUT2D eigenvalue weighted by Gasteiger charge is -2.27. The van der Waals surface area contributed by atoms with Gasteiger partial charge in [0.2, 0.25) is 0 Å². The third-order valence-corrected chi connectivity index (χ3v) is 3.45. The number of nitrogens with zero attached hydrogens (tertiary/aromatic N) is 3. The highest BCUT2D eigenvalue weighted by atomic mass is 16.3. The van der Waals surface area contributed by atoms with Gasteiger partial charge in [-0.05, 0) is 33.6 Å². The lowest BCUT2D eigenvalue weighted by Crippen LogP contribution is -2.34. The van der Waals surface area contributed by atoms with Crippen LogP contribution in [0.25, 0.3) is 0 Å². The van der Waals surface area contributed by atoms with Crippen LogP contribution in [0.5, 0.6) is 0 Å². The molecule has 5 nitrogen and oxygen atoms in total. The molecular weight excluding hydrogens is 216 g/mol. The third kappa shape index (κ3) is 1.99. The van der Waals surface area contributed by atoms with Crippen LogP contribution in [0.15, 0.2) is 0 Å². The number of aliphatic hydroxyl groups is 1. The first-order chi connectivity index (χ1) is 8.06. The zero-order chi connectivity index (χ0) is 12.6. The summed E-state index contributed by atoms with van der Waals surface area (Å²) in [5.41, 5.74) is 7.75. The van der Waals surface area contributed by atoms with Crippen molar-refractivity contribution in [1.82, 2.24) is 9.78 Å². The van der Waals surface area contributed by atoms with Gasteiger partial charge in [-0.25, -0.2) is 4.68 Å². The van der Waals surface area contributed by atoms with Gasteiger partial charge in [0, 0.05) is 12.6 Å². The summed E-state index contributed by atoms with van der Waals surface area (Å²) in [6, 6.07) is 0.465. The quantitative estimate of drug-likeness (QED) is 0.833. The van der Waals surface area contributed by atoms with Gasteiger partial charge in [0.25, 0.3) is 0 Å².